The smallest absolute Gasteiger partial charge is 0.251 e. The van der Waals surface area contributed by atoms with Crippen LogP contribution in [0.3, 0.4) is 0 Å². The van der Waals surface area contributed by atoms with E-state index in [9.17, 15) is 19.2 Å². The first-order chi connectivity index (χ1) is 21.5. The molecular weight excluding hydrogens is 590 g/mol. The van der Waals surface area contributed by atoms with Crippen LogP contribution in [0.25, 0.3) is 10.4 Å². The summed E-state index contributed by atoms with van der Waals surface area (Å²) in [6.45, 7) is 10.2. The van der Waals surface area contributed by atoms with Gasteiger partial charge in [0.25, 0.3) is 5.91 Å². The van der Waals surface area contributed by atoms with E-state index < -0.39 is 12.1 Å². The number of carbonyl (C=O) groups is 4. The molecule has 1 aliphatic rings. The van der Waals surface area contributed by atoms with Gasteiger partial charge in [0.15, 0.2) is 5.13 Å². The summed E-state index contributed by atoms with van der Waals surface area (Å²) in [7, 11) is 0. The van der Waals surface area contributed by atoms with E-state index in [-0.39, 0.29) is 41.5 Å². The van der Waals surface area contributed by atoms with Gasteiger partial charge in [0.05, 0.1) is 4.88 Å². The van der Waals surface area contributed by atoms with Gasteiger partial charge in [-0.1, -0.05) is 51.2 Å². The number of anilines is 2. The summed E-state index contributed by atoms with van der Waals surface area (Å²) in [6, 6.07) is 9.45. The number of thiazole rings is 1. The molecule has 3 aromatic rings. The molecule has 3 atom stereocenters. The molecule has 0 saturated carbocycles. The van der Waals surface area contributed by atoms with Crippen molar-refractivity contribution in [3.05, 3.63) is 60.6 Å². The monoisotopic (exact) mass is 633 g/mol. The molecular formula is C33H43N7O4S. The van der Waals surface area contributed by atoms with Gasteiger partial charge in [0, 0.05) is 55.9 Å². The average molecular weight is 634 g/mol. The second kappa shape index (κ2) is 15.6. The van der Waals surface area contributed by atoms with Gasteiger partial charge in [0.2, 0.25) is 17.7 Å². The fraction of sp³-hybridized carbons (Fsp3) is 0.455. The molecule has 11 nitrogen and oxygen atoms in total. The maximum absolute atomic E-state index is 13.6. The zero-order valence-corrected chi connectivity index (χ0v) is 27.3. The van der Waals surface area contributed by atoms with Crippen LogP contribution in [0.15, 0.2) is 55.0 Å². The number of aromatic nitrogens is 2. The van der Waals surface area contributed by atoms with Gasteiger partial charge in [-0.15, -0.1) is 0 Å². The van der Waals surface area contributed by atoms with Crippen molar-refractivity contribution in [1.29, 1.82) is 0 Å². The lowest BCUT2D eigenvalue weighted by Crippen LogP contribution is -2.51. The van der Waals surface area contributed by atoms with Gasteiger partial charge in [-0.05, 0) is 60.9 Å². The number of hydrogen-bond acceptors (Lipinski definition) is 8. The van der Waals surface area contributed by atoms with Gasteiger partial charge in [0.1, 0.15) is 12.1 Å². The van der Waals surface area contributed by atoms with Crippen LogP contribution < -0.4 is 21.3 Å². The molecule has 240 valence electrons. The SMILES string of the molecule is CC(=O)N[C@@H](CC(C)C)C(=O)N[C@H]1CCN(C(=O)[C@H](CC(C)C)NC(=O)c2ccc(-c3cnc(Nc4ccncc4)s3)cc2)C1. The Morgan fingerprint density at radius 1 is 0.933 bits per heavy atom. The van der Waals surface area contributed by atoms with Crippen molar-refractivity contribution in [1.82, 2.24) is 30.8 Å². The summed E-state index contributed by atoms with van der Waals surface area (Å²) < 4.78 is 0. The first-order valence-electron chi connectivity index (χ1n) is 15.4. The number of amides is 4. The minimum atomic E-state index is -0.692. The highest BCUT2D eigenvalue weighted by Crippen LogP contribution is 2.30. The Kier molecular flexibility index (Phi) is 11.6. The maximum Gasteiger partial charge on any atom is 0.251 e. The van der Waals surface area contributed by atoms with E-state index in [1.807, 2.05) is 52.0 Å². The van der Waals surface area contributed by atoms with Gasteiger partial charge in [-0.3, -0.25) is 24.2 Å². The van der Waals surface area contributed by atoms with E-state index in [4.69, 9.17) is 0 Å². The molecule has 0 radical (unpaired) electrons. The number of nitrogens with zero attached hydrogens (tertiary/aromatic N) is 3. The molecule has 0 aliphatic carbocycles. The lowest BCUT2D eigenvalue weighted by Gasteiger charge is -2.26. The minimum Gasteiger partial charge on any atom is -0.350 e. The van der Waals surface area contributed by atoms with Crippen molar-refractivity contribution >= 4 is 45.8 Å². The molecule has 1 aliphatic heterocycles. The number of benzene rings is 1. The molecule has 4 amide bonds. The molecule has 2 aromatic heterocycles. The minimum absolute atomic E-state index is 0.162. The Balaban J connectivity index is 1.35. The van der Waals surface area contributed by atoms with Crippen molar-refractivity contribution < 1.29 is 19.2 Å². The zero-order chi connectivity index (χ0) is 32.5. The topological polar surface area (TPSA) is 145 Å². The highest BCUT2D eigenvalue weighted by molar-refractivity contribution is 7.18. The second-order valence-corrected chi connectivity index (χ2v) is 13.3. The fourth-order valence-corrected chi connectivity index (χ4v) is 6.14. The van der Waals surface area contributed by atoms with Crippen LogP contribution >= 0.6 is 11.3 Å². The summed E-state index contributed by atoms with van der Waals surface area (Å²) in [5.74, 6) is -0.575. The quantitative estimate of drug-likeness (QED) is 0.219. The van der Waals surface area contributed by atoms with Crippen LogP contribution in [-0.2, 0) is 14.4 Å². The Morgan fingerprint density at radius 3 is 2.24 bits per heavy atom. The number of rotatable bonds is 13. The molecule has 45 heavy (non-hydrogen) atoms. The van der Waals surface area contributed by atoms with E-state index in [1.54, 1.807) is 35.6 Å². The Hall–Kier alpha value is -4.32. The number of likely N-dealkylation sites (tertiary alicyclic amines) is 1. The molecule has 4 rings (SSSR count). The van der Waals surface area contributed by atoms with Crippen LogP contribution in [0.1, 0.15) is 64.2 Å². The highest BCUT2D eigenvalue weighted by atomic mass is 32.1. The van der Waals surface area contributed by atoms with Crippen molar-refractivity contribution in [3.63, 3.8) is 0 Å². The molecule has 4 N–H and O–H groups in total. The third-order valence-corrected chi connectivity index (χ3v) is 8.39. The lowest BCUT2D eigenvalue weighted by atomic mass is 10.0. The van der Waals surface area contributed by atoms with Gasteiger partial charge < -0.3 is 26.2 Å². The summed E-state index contributed by atoms with van der Waals surface area (Å²) in [6.07, 6.45) is 6.83. The molecule has 0 unspecified atom stereocenters. The largest absolute Gasteiger partial charge is 0.350 e. The van der Waals surface area contributed by atoms with E-state index in [2.05, 4.69) is 31.2 Å². The van der Waals surface area contributed by atoms with E-state index in [0.717, 1.165) is 21.3 Å². The van der Waals surface area contributed by atoms with Gasteiger partial charge in [-0.25, -0.2) is 4.98 Å². The Bertz CT molecular complexity index is 1460. The maximum atomic E-state index is 13.6. The van der Waals surface area contributed by atoms with Crippen LogP contribution in [-0.4, -0.2) is 69.7 Å². The summed E-state index contributed by atoms with van der Waals surface area (Å²) in [5.41, 5.74) is 2.29. The number of pyridine rings is 1. The third kappa shape index (κ3) is 9.84. The average Bonchev–Trinajstić information content (AvgIpc) is 3.66. The normalized spacial score (nSPS) is 15.9. The third-order valence-electron chi connectivity index (χ3n) is 7.43. The molecule has 1 aromatic carbocycles. The molecule has 1 saturated heterocycles. The number of hydrogen-bond donors (Lipinski definition) is 4. The van der Waals surface area contributed by atoms with E-state index in [1.165, 1.54) is 18.3 Å². The predicted molar refractivity (Wildman–Crippen MR) is 176 cm³/mol. The highest BCUT2D eigenvalue weighted by Gasteiger charge is 2.34. The second-order valence-electron chi connectivity index (χ2n) is 12.3. The first kappa shape index (κ1) is 33.6. The lowest BCUT2D eigenvalue weighted by molar-refractivity contribution is -0.133. The van der Waals surface area contributed by atoms with Crippen molar-refractivity contribution in [2.45, 2.75) is 72.0 Å². The van der Waals surface area contributed by atoms with Crippen molar-refractivity contribution in [2.24, 2.45) is 11.8 Å². The standard InChI is InChI=1S/C33H43N7O4S/c1-20(2)16-27(36-22(5)41)31(43)37-26-12-15-40(19-26)32(44)28(17-21(3)4)39-30(42)24-8-6-23(7-9-24)29-18-35-33(45-29)38-25-10-13-34-14-11-25/h6-11,13-14,18,20-21,26-28H,12,15-17,19H2,1-5H3,(H,36,41)(H,37,43)(H,39,42)(H,34,35,38)/t26-,27-,28-/m0/s1. The summed E-state index contributed by atoms with van der Waals surface area (Å²) >= 11 is 1.50. The van der Waals surface area contributed by atoms with Gasteiger partial charge in [-0.2, -0.15) is 0 Å². The van der Waals surface area contributed by atoms with Crippen LogP contribution in [0.2, 0.25) is 0 Å². The van der Waals surface area contributed by atoms with Gasteiger partial charge >= 0.3 is 0 Å². The van der Waals surface area contributed by atoms with E-state index in [0.29, 0.717) is 37.9 Å². The molecule has 0 bridgehead atoms. The number of carbonyl (C=O) groups excluding carboxylic acids is 4. The van der Waals surface area contributed by atoms with Crippen molar-refractivity contribution in [2.75, 3.05) is 18.4 Å². The molecule has 12 heteroatoms. The molecule has 3 heterocycles. The fourth-order valence-electron chi connectivity index (χ4n) is 5.29. The number of nitrogens with one attached hydrogen (secondary N) is 4. The predicted octanol–water partition coefficient (Wildman–Crippen LogP) is 4.36. The zero-order valence-electron chi connectivity index (χ0n) is 26.5. The first-order valence-corrected chi connectivity index (χ1v) is 16.2. The molecule has 1 fully saturated rings. The summed E-state index contributed by atoms with van der Waals surface area (Å²) in [4.78, 5) is 62.6. The Labute approximate surface area is 268 Å². The van der Waals surface area contributed by atoms with E-state index >= 15 is 0 Å². The van der Waals surface area contributed by atoms with Crippen LogP contribution in [0, 0.1) is 11.8 Å². The van der Waals surface area contributed by atoms with Crippen LogP contribution in [0.4, 0.5) is 10.8 Å². The Morgan fingerprint density at radius 2 is 1.60 bits per heavy atom. The molecule has 0 spiro atoms. The van der Waals surface area contributed by atoms with Crippen LogP contribution in [0.5, 0.6) is 0 Å². The summed E-state index contributed by atoms with van der Waals surface area (Å²) in [5, 5.41) is 12.7. The van der Waals surface area contributed by atoms with Crippen molar-refractivity contribution in [3.8, 4) is 10.4 Å².